The molecular formula is C12H13N3O3. The van der Waals surface area contributed by atoms with E-state index in [2.05, 4.69) is 10.3 Å². The Labute approximate surface area is 104 Å². The Morgan fingerprint density at radius 2 is 2.22 bits per heavy atom. The molecular weight excluding hydrogens is 234 g/mol. The zero-order chi connectivity index (χ0) is 13.1. The van der Waals surface area contributed by atoms with E-state index in [1.54, 1.807) is 6.07 Å². The first kappa shape index (κ1) is 12.1. The lowest BCUT2D eigenvalue weighted by molar-refractivity contribution is -0.384. The first-order chi connectivity index (χ1) is 8.58. The van der Waals surface area contributed by atoms with Crippen LogP contribution in [0.15, 0.2) is 35.0 Å². The standard InChI is InChI=1S/C12H13N3O3/c1-8-3-4-12(18-8)9(2)14-10-5-6-13-7-11(10)15(16)17/h3-7,9H,1-2H3,(H,13,14). The molecule has 6 heteroatoms. The second kappa shape index (κ2) is 4.87. The van der Waals surface area contributed by atoms with E-state index in [1.807, 2.05) is 26.0 Å². The van der Waals surface area contributed by atoms with Gasteiger partial charge in [0.05, 0.1) is 11.0 Å². The average molecular weight is 247 g/mol. The molecule has 0 aliphatic rings. The number of rotatable bonds is 4. The Morgan fingerprint density at radius 3 is 2.83 bits per heavy atom. The van der Waals surface area contributed by atoms with Crippen molar-refractivity contribution in [3.05, 3.63) is 52.2 Å². The molecule has 2 aromatic heterocycles. The fourth-order valence-electron chi connectivity index (χ4n) is 1.64. The number of pyridine rings is 1. The number of aryl methyl sites for hydroxylation is 1. The van der Waals surface area contributed by atoms with Gasteiger partial charge in [-0.1, -0.05) is 0 Å². The molecule has 18 heavy (non-hydrogen) atoms. The fourth-order valence-corrected chi connectivity index (χ4v) is 1.64. The van der Waals surface area contributed by atoms with Gasteiger partial charge in [-0.05, 0) is 32.0 Å². The summed E-state index contributed by atoms with van der Waals surface area (Å²) < 4.78 is 5.47. The van der Waals surface area contributed by atoms with Crippen LogP contribution in [0.1, 0.15) is 24.5 Å². The SMILES string of the molecule is Cc1ccc(C(C)Nc2ccncc2[N+](=O)[O-])o1. The van der Waals surface area contributed by atoms with Crippen LogP contribution in [-0.2, 0) is 0 Å². The highest BCUT2D eigenvalue weighted by Crippen LogP contribution is 2.27. The maximum atomic E-state index is 10.8. The third-order valence-electron chi connectivity index (χ3n) is 2.56. The molecule has 0 radical (unpaired) electrons. The number of hydrogen-bond acceptors (Lipinski definition) is 5. The normalized spacial score (nSPS) is 12.1. The van der Waals surface area contributed by atoms with Gasteiger partial charge in [0.1, 0.15) is 23.4 Å². The molecule has 1 N–H and O–H groups in total. The molecule has 0 aliphatic carbocycles. The summed E-state index contributed by atoms with van der Waals surface area (Å²) in [5.74, 6) is 1.54. The molecule has 0 saturated carbocycles. The lowest BCUT2D eigenvalue weighted by atomic mass is 10.2. The molecule has 0 fully saturated rings. The van der Waals surface area contributed by atoms with Crippen molar-refractivity contribution in [2.24, 2.45) is 0 Å². The van der Waals surface area contributed by atoms with Gasteiger partial charge < -0.3 is 9.73 Å². The number of furan rings is 1. The summed E-state index contributed by atoms with van der Waals surface area (Å²) >= 11 is 0. The van der Waals surface area contributed by atoms with Crippen LogP contribution in [0.5, 0.6) is 0 Å². The largest absolute Gasteiger partial charge is 0.464 e. The number of hydrogen-bond donors (Lipinski definition) is 1. The molecule has 0 aromatic carbocycles. The second-order valence-electron chi connectivity index (χ2n) is 3.96. The van der Waals surface area contributed by atoms with Crippen LogP contribution >= 0.6 is 0 Å². The highest BCUT2D eigenvalue weighted by molar-refractivity contribution is 5.60. The molecule has 0 amide bonds. The third-order valence-corrected chi connectivity index (χ3v) is 2.56. The molecule has 2 rings (SSSR count). The molecule has 0 saturated heterocycles. The number of anilines is 1. The van der Waals surface area contributed by atoms with Crippen LogP contribution in [0.2, 0.25) is 0 Å². The molecule has 2 heterocycles. The van der Waals surface area contributed by atoms with E-state index in [1.165, 1.54) is 12.4 Å². The quantitative estimate of drug-likeness (QED) is 0.663. The maximum absolute atomic E-state index is 10.8. The highest BCUT2D eigenvalue weighted by Gasteiger charge is 2.17. The number of nitrogens with zero attached hydrogens (tertiary/aromatic N) is 2. The molecule has 0 bridgehead atoms. The maximum Gasteiger partial charge on any atom is 0.310 e. The van der Waals surface area contributed by atoms with Gasteiger partial charge in [-0.15, -0.1) is 0 Å². The van der Waals surface area contributed by atoms with E-state index in [-0.39, 0.29) is 11.7 Å². The van der Waals surface area contributed by atoms with E-state index in [4.69, 9.17) is 4.42 Å². The minimum atomic E-state index is -0.463. The van der Waals surface area contributed by atoms with Crippen LogP contribution < -0.4 is 5.32 Å². The zero-order valence-corrected chi connectivity index (χ0v) is 10.1. The summed E-state index contributed by atoms with van der Waals surface area (Å²) in [6, 6.07) is 5.12. The molecule has 6 nitrogen and oxygen atoms in total. The molecule has 1 atom stereocenters. The van der Waals surface area contributed by atoms with Crippen molar-refractivity contribution in [2.75, 3.05) is 5.32 Å². The van der Waals surface area contributed by atoms with Crippen LogP contribution in [0.4, 0.5) is 11.4 Å². The van der Waals surface area contributed by atoms with Gasteiger partial charge in [0.15, 0.2) is 0 Å². The van der Waals surface area contributed by atoms with Gasteiger partial charge in [0.25, 0.3) is 0 Å². The van der Waals surface area contributed by atoms with Crippen LogP contribution in [-0.4, -0.2) is 9.91 Å². The predicted molar refractivity (Wildman–Crippen MR) is 66.4 cm³/mol. The molecule has 1 unspecified atom stereocenters. The number of nitrogens with one attached hydrogen (secondary N) is 1. The first-order valence-electron chi connectivity index (χ1n) is 5.49. The minimum Gasteiger partial charge on any atom is -0.464 e. The summed E-state index contributed by atoms with van der Waals surface area (Å²) in [6.07, 6.45) is 2.73. The van der Waals surface area contributed by atoms with E-state index < -0.39 is 4.92 Å². The van der Waals surface area contributed by atoms with Gasteiger partial charge in [-0.3, -0.25) is 15.1 Å². The Hall–Kier alpha value is -2.37. The van der Waals surface area contributed by atoms with Gasteiger partial charge in [0.2, 0.25) is 0 Å². The van der Waals surface area contributed by atoms with Crippen molar-refractivity contribution in [3.63, 3.8) is 0 Å². The van der Waals surface area contributed by atoms with Gasteiger partial charge in [0, 0.05) is 6.20 Å². The van der Waals surface area contributed by atoms with Crippen molar-refractivity contribution in [1.82, 2.24) is 4.98 Å². The topological polar surface area (TPSA) is 81.2 Å². The Morgan fingerprint density at radius 1 is 1.44 bits per heavy atom. The van der Waals surface area contributed by atoms with E-state index in [9.17, 15) is 10.1 Å². The minimum absolute atomic E-state index is 0.0485. The van der Waals surface area contributed by atoms with Gasteiger partial charge >= 0.3 is 5.69 Å². The first-order valence-corrected chi connectivity index (χ1v) is 5.49. The van der Waals surface area contributed by atoms with Crippen LogP contribution in [0.25, 0.3) is 0 Å². The monoisotopic (exact) mass is 247 g/mol. The van der Waals surface area contributed by atoms with Crippen molar-refractivity contribution in [1.29, 1.82) is 0 Å². The Bertz CT molecular complexity index is 565. The summed E-state index contributed by atoms with van der Waals surface area (Å²) in [4.78, 5) is 14.1. The van der Waals surface area contributed by atoms with Crippen LogP contribution in [0, 0.1) is 17.0 Å². The van der Waals surface area contributed by atoms with E-state index >= 15 is 0 Å². The molecule has 2 aromatic rings. The lowest BCUT2D eigenvalue weighted by Gasteiger charge is -2.12. The fraction of sp³-hybridized carbons (Fsp3) is 0.250. The predicted octanol–water partition coefficient (Wildman–Crippen LogP) is 3.06. The molecule has 0 aliphatic heterocycles. The number of nitro groups is 1. The summed E-state index contributed by atoms with van der Waals surface area (Å²) in [5.41, 5.74) is 0.379. The van der Waals surface area contributed by atoms with Crippen molar-refractivity contribution >= 4 is 11.4 Å². The van der Waals surface area contributed by atoms with E-state index in [0.717, 1.165) is 11.5 Å². The average Bonchev–Trinajstić information content (AvgIpc) is 2.76. The van der Waals surface area contributed by atoms with Crippen molar-refractivity contribution < 1.29 is 9.34 Å². The Kier molecular flexibility index (Phi) is 3.27. The smallest absolute Gasteiger partial charge is 0.310 e. The number of aromatic nitrogens is 1. The summed E-state index contributed by atoms with van der Waals surface area (Å²) in [6.45, 7) is 3.73. The molecule has 94 valence electrons. The second-order valence-corrected chi connectivity index (χ2v) is 3.96. The van der Waals surface area contributed by atoms with Gasteiger partial charge in [-0.25, -0.2) is 0 Å². The van der Waals surface area contributed by atoms with Crippen LogP contribution in [0.3, 0.4) is 0 Å². The van der Waals surface area contributed by atoms with E-state index in [0.29, 0.717) is 5.69 Å². The third kappa shape index (κ3) is 2.48. The zero-order valence-electron chi connectivity index (χ0n) is 10.1. The van der Waals surface area contributed by atoms with Gasteiger partial charge in [-0.2, -0.15) is 0 Å². The highest BCUT2D eigenvalue weighted by atomic mass is 16.6. The summed E-state index contributed by atoms with van der Waals surface area (Å²) in [5, 5.41) is 13.9. The summed E-state index contributed by atoms with van der Waals surface area (Å²) in [7, 11) is 0. The van der Waals surface area contributed by atoms with Crippen molar-refractivity contribution in [3.8, 4) is 0 Å². The van der Waals surface area contributed by atoms with Crippen molar-refractivity contribution in [2.45, 2.75) is 19.9 Å². The lowest BCUT2D eigenvalue weighted by Crippen LogP contribution is -2.07. The Balaban J connectivity index is 2.21. The molecule has 0 spiro atoms.